The van der Waals surface area contributed by atoms with E-state index in [2.05, 4.69) is 50.1 Å². The molecule has 0 nitrogen and oxygen atoms in total. The Morgan fingerprint density at radius 2 is 1.20 bits per heavy atom. The summed E-state index contributed by atoms with van der Waals surface area (Å²) in [5.41, 5.74) is 0. The van der Waals surface area contributed by atoms with Crippen molar-refractivity contribution in [3.05, 3.63) is 0 Å². The molecule has 0 radical (unpaired) electrons. The van der Waals surface area contributed by atoms with Gasteiger partial charge in [0.25, 0.3) is 0 Å². The Hall–Kier alpha value is 0.910. The van der Waals surface area contributed by atoms with E-state index in [1.807, 2.05) is 0 Å². The second-order valence-electron chi connectivity index (χ2n) is 5.57. The van der Waals surface area contributed by atoms with Crippen LogP contribution in [-0.4, -0.2) is 24.6 Å². The Morgan fingerprint density at radius 3 is 1.40 bits per heavy atom. The van der Waals surface area contributed by atoms with E-state index in [1.165, 1.54) is 43.9 Å². The Kier molecular flexibility index (Phi) is 7.00. The zero-order chi connectivity index (χ0) is 12.0. The predicted molar refractivity (Wildman–Crippen MR) is 81.0 cm³/mol. The van der Waals surface area contributed by atoms with Gasteiger partial charge in [0.05, 0.1) is 0 Å². The molecule has 0 fully saturated rings. The summed E-state index contributed by atoms with van der Waals surface area (Å²) in [6.45, 7) is 11.8. The Balaban J connectivity index is 4.85. The fourth-order valence-corrected chi connectivity index (χ4v) is 14.5. The molecular formula is C13H30BrP. The molecular weight excluding hydrogens is 267 g/mol. The van der Waals surface area contributed by atoms with Crippen LogP contribution < -0.4 is 0 Å². The summed E-state index contributed by atoms with van der Waals surface area (Å²) >= 11 is 4.30. The molecule has 0 rings (SSSR count). The third-order valence-electron chi connectivity index (χ3n) is 3.17. The zero-order valence-electron chi connectivity index (χ0n) is 11.4. The van der Waals surface area contributed by atoms with Gasteiger partial charge in [0.1, 0.15) is 0 Å². The number of hydrogen-bond acceptors (Lipinski definition) is 0. The van der Waals surface area contributed by atoms with Crippen LogP contribution in [0, 0.1) is 5.92 Å². The van der Waals surface area contributed by atoms with Crippen LogP contribution in [0.15, 0.2) is 0 Å². The van der Waals surface area contributed by atoms with E-state index in [9.17, 15) is 0 Å². The molecule has 0 heterocycles. The van der Waals surface area contributed by atoms with Gasteiger partial charge < -0.3 is 0 Å². The molecule has 0 aromatic carbocycles. The fourth-order valence-electron chi connectivity index (χ4n) is 3.20. The zero-order valence-corrected chi connectivity index (χ0v) is 13.8. The maximum absolute atomic E-state index is 4.30. The molecule has 2 heteroatoms. The molecule has 0 amide bonds. The van der Waals surface area contributed by atoms with Crippen molar-refractivity contribution in [2.75, 3.05) is 24.6 Å². The first-order valence-electron chi connectivity index (χ1n) is 6.62. The molecule has 0 bridgehead atoms. The summed E-state index contributed by atoms with van der Waals surface area (Å²) in [4.78, 5) is 0. The first-order valence-corrected chi connectivity index (χ1v) is 11.6. The van der Waals surface area contributed by atoms with Crippen molar-refractivity contribution in [2.45, 2.75) is 53.9 Å². The average molecular weight is 297 g/mol. The van der Waals surface area contributed by atoms with E-state index in [1.54, 1.807) is 0 Å². The molecule has 0 aliphatic carbocycles. The van der Waals surface area contributed by atoms with Gasteiger partial charge in [-0.1, -0.05) is 0 Å². The van der Waals surface area contributed by atoms with Gasteiger partial charge in [0, 0.05) is 0 Å². The standard InChI is InChI=1S/C13H30BrP/c1-6-9-15(14,10-7-2,11-8-3)12-13(4)5/h13H,6-12H2,1-5H3. The minimum absolute atomic E-state index is 0.840. The molecule has 0 spiro atoms. The van der Waals surface area contributed by atoms with Gasteiger partial charge in [0.15, 0.2) is 0 Å². The van der Waals surface area contributed by atoms with Crippen LogP contribution in [0.1, 0.15) is 53.9 Å². The first-order chi connectivity index (χ1) is 6.90. The van der Waals surface area contributed by atoms with Crippen LogP contribution in [-0.2, 0) is 0 Å². The molecule has 15 heavy (non-hydrogen) atoms. The Morgan fingerprint density at radius 1 is 0.867 bits per heavy atom. The van der Waals surface area contributed by atoms with Crippen molar-refractivity contribution in [3.63, 3.8) is 0 Å². The summed E-state index contributed by atoms with van der Waals surface area (Å²) < 4.78 is 0. The monoisotopic (exact) mass is 296 g/mol. The summed E-state index contributed by atoms with van der Waals surface area (Å²) in [6.07, 6.45) is 9.82. The van der Waals surface area contributed by atoms with Crippen molar-refractivity contribution >= 4 is 20.8 Å². The molecule has 0 atom stereocenters. The van der Waals surface area contributed by atoms with Crippen LogP contribution >= 0.6 is 20.8 Å². The van der Waals surface area contributed by atoms with Gasteiger partial charge >= 0.3 is 105 Å². The van der Waals surface area contributed by atoms with Crippen LogP contribution in [0.5, 0.6) is 0 Å². The van der Waals surface area contributed by atoms with E-state index in [4.69, 9.17) is 0 Å². The van der Waals surface area contributed by atoms with Gasteiger partial charge in [-0.2, -0.15) is 0 Å². The quantitative estimate of drug-likeness (QED) is 0.501. The minimum atomic E-state index is -1.52. The first kappa shape index (κ1) is 15.9. The van der Waals surface area contributed by atoms with Crippen LogP contribution in [0.3, 0.4) is 0 Å². The second kappa shape index (κ2) is 6.60. The van der Waals surface area contributed by atoms with Crippen LogP contribution in [0.25, 0.3) is 0 Å². The van der Waals surface area contributed by atoms with Crippen LogP contribution in [0.2, 0.25) is 0 Å². The van der Waals surface area contributed by atoms with E-state index in [-0.39, 0.29) is 0 Å². The number of rotatable bonds is 8. The molecule has 0 aromatic rings. The van der Waals surface area contributed by atoms with Crippen LogP contribution in [0.4, 0.5) is 0 Å². The van der Waals surface area contributed by atoms with E-state index in [0.29, 0.717) is 0 Å². The van der Waals surface area contributed by atoms with E-state index >= 15 is 0 Å². The molecule has 0 saturated heterocycles. The van der Waals surface area contributed by atoms with Crippen molar-refractivity contribution in [2.24, 2.45) is 5.92 Å². The molecule has 0 aliphatic rings. The molecule has 0 aliphatic heterocycles. The predicted octanol–water partition coefficient (Wildman–Crippen LogP) is 5.74. The SMILES string of the molecule is CCCP(Br)(CCC)(CCC)CC(C)C. The molecule has 0 unspecified atom stereocenters. The molecule has 0 saturated carbocycles. The van der Waals surface area contributed by atoms with Gasteiger partial charge in [0.2, 0.25) is 0 Å². The fraction of sp³-hybridized carbons (Fsp3) is 1.00. The van der Waals surface area contributed by atoms with Gasteiger partial charge in [-0.3, -0.25) is 0 Å². The average Bonchev–Trinajstić information content (AvgIpc) is 2.02. The summed E-state index contributed by atoms with van der Waals surface area (Å²) in [5, 5.41) is -1.52. The Bertz CT molecular complexity index is 158. The number of hydrogen-bond donors (Lipinski definition) is 0. The third-order valence-corrected chi connectivity index (χ3v) is 13.6. The topological polar surface area (TPSA) is 0 Å². The summed E-state index contributed by atoms with van der Waals surface area (Å²) in [5.74, 6) is 0.840. The van der Waals surface area contributed by atoms with Crippen molar-refractivity contribution in [3.8, 4) is 0 Å². The van der Waals surface area contributed by atoms with Crippen molar-refractivity contribution < 1.29 is 0 Å². The van der Waals surface area contributed by atoms with E-state index in [0.717, 1.165) is 5.92 Å². The van der Waals surface area contributed by atoms with Gasteiger partial charge in [-0.05, 0) is 0 Å². The van der Waals surface area contributed by atoms with Gasteiger partial charge in [-0.25, -0.2) is 0 Å². The summed E-state index contributed by atoms with van der Waals surface area (Å²) in [7, 11) is 0. The third kappa shape index (κ3) is 5.18. The molecule has 0 aromatic heterocycles. The second-order valence-corrected chi connectivity index (χ2v) is 16.9. The molecule has 0 N–H and O–H groups in total. The van der Waals surface area contributed by atoms with Gasteiger partial charge in [-0.15, -0.1) is 0 Å². The summed E-state index contributed by atoms with van der Waals surface area (Å²) in [6, 6.07) is 0. The number of halogens is 1. The van der Waals surface area contributed by atoms with E-state index < -0.39 is 5.31 Å². The maximum atomic E-state index is 4.30. The molecule has 94 valence electrons. The normalized spacial score (nSPS) is 15.3. The Labute approximate surface area is 105 Å². The van der Waals surface area contributed by atoms with Crippen molar-refractivity contribution in [1.82, 2.24) is 0 Å². The van der Waals surface area contributed by atoms with Crippen molar-refractivity contribution in [1.29, 1.82) is 0 Å².